The van der Waals surface area contributed by atoms with Crippen LogP contribution in [0.25, 0.3) is 10.8 Å². The summed E-state index contributed by atoms with van der Waals surface area (Å²) in [5.41, 5.74) is 5.68. The van der Waals surface area contributed by atoms with Crippen LogP contribution in [0.1, 0.15) is 36.2 Å². The third-order valence-corrected chi connectivity index (χ3v) is 5.59. The zero-order chi connectivity index (χ0) is 24.6. The quantitative estimate of drug-likeness (QED) is 0.348. The van der Waals surface area contributed by atoms with Gasteiger partial charge in [0, 0.05) is 18.5 Å². The number of rotatable bonds is 10. The van der Waals surface area contributed by atoms with Crippen LogP contribution in [-0.4, -0.2) is 42.4 Å². The Morgan fingerprint density at radius 3 is 2.29 bits per heavy atom. The van der Waals surface area contributed by atoms with E-state index in [1.54, 1.807) is 38.1 Å². The molecule has 0 aromatic heterocycles. The Labute approximate surface area is 200 Å². The molecule has 0 bridgehead atoms. The van der Waals surface area contributed by atoms with Crippen LogP contribution in [0.2, 0.25) is 0 Å². The fourth-order valence-electron chi connectivity index (χ4n) is 3.59. The zero-order valence-corrected chi connectivity index (χ0v) is 19.6. The summed E-state index contributed by atoms with van der Waals surface area (Å²) in [7, 11) is 0. The van der Waals surface area contributed by atoms with Crippen molar-refractivity contribution in [1.29, 1.82) is 0 Å². The molecule has 0 radical (unpaired) electrons. The van der Waals surface area contributed by atoms with Gasteiger partial charge >= 0.3 is 0 Å². The molecule has 0 aliphatic rings. The molecule has 3 aromatic carbocycles. The molecule has 0 fully saturated rings. The van der Waals surface area contributed by atoms with Gasteiger partial charge in [-0.15, -0.1) is 0 Å². The van der Waals surface area contributed by atoms with E-state index >= 15 is 0 Å². The van der Waals surface area contributed by atoms with Crippen molar-refractivity contribution in [2.45, 2.75) is 38.3 Å². The fraction of sp³-hybridized carbons (Fsp3) is 0.296. The SMILES string of the molecule is CC(C)(NC(=O)c1ccccc1)C(=O)NC(Cc1ccc2ccccc2c1)C(=O)NCCCN. The number of benzene rings is 3. The van der Waals surface area contributed by atoms with Crippen molar-refractivity contribution in [3.8, 4) is 0 Å². The van der Waals surface area contributed by atoms with Gasteiger partial charge in [0.15, 0.2) is 0 Å². The molecule has 0 spiro atoms. The van der Waals surface area contributed by atoms with Crippen molar-refractivity contribution >= 4 is 28.5 Å². The number of carbonyl (C=O) groups excluding carboxylic acids is 3. The van der Waals surface area contributed by atoms with Crippen LogP contribution in [0, 0.1) is 0 Å². The maximum atomic E-state index is 13.2. The number of nitrogens with two attached hydrogens (primary N) is 1. The van der Waals surface area contributed by atoms with Gasteiger partial charge in [0.2, 0.25) is 11.8 Å². The first-order valence-electron chi connectivity index (χ1n) is 11.4. The van der Waals surface area contributed by atoms with Gasteiger partial charge in [0.05, 0.1) is 0 Å². The number of fused-ring (bicyclic) bond motifs is 1. The molecule has 3 aromatic rings. The molecule has 178 valence electrons. The molecule has 0 heterocycles. The minimum absolute atomic E-state index is 0.292. The number of carbonyl (C=O) groups is 3. The molecule has 3 rings (SSSR count). The van der Waals surface area contributed by atoms with Gasteiger partial charge in [0.1, 0.15) is 11.6 Å². The number of nitrogens with one attached hydrogen (secondary N) is 3. The lowest BCUT2D eigenvalue weighted by Crippen LogP contribution is -2.59. The summed E-state index contributed by atoms with van der Waals surface area (Å²) >= 11 is 0. The zero-order valence-electron chi connectivity index (χ0n) is 19.6. The highest BCUT2D eigenvalue weighted by Gasteiger charge is 2.33. The Hall–Kier alpha value is -3.71. The smallest absolute Gasteiger partial charge is 0.252 e. The summed E-state index contributed by atoms with van der Waals surface area (Å²) in [6, 6.07) is 21.8. The van der Waals surface area contributed by atoms with Crippen LogP contribution < -0.4 is 21.7 Å². The van der Waals surface area contributed by atoms with E-state index in [1.165, 1.54) is 0 Å². The van der Waals surface area contributed by atoms with E-state index in [2.05, 4.69) is 16.0 Å². The van der Waals surface area contributed by atoms with Crippen LogP contribution in [0.4, 0.5) is 0 Å². The second-order valence-corrected chi connectivity index (χ2v) is 8.79. The van der Waals surface area contributed by atoms with Gasteiger partial charge < -0.3 is 21.7 Å². The topological polar surface area (TPSA) is 113 Å². The maximum absolute atomic E-state index is 13.2. The van der Waals surface area contributed by atoms with Crippen molar-refractivity contribution in [1.82, 2.24) is 16.0 Å². The standard InChI is InChI=1S/C27H32N4O3/c1-27(2,31-24(32)21-10-4-3-5-11-21)26(34)30-23(25(33)29-16-8-15-28)18-19-13-14-20-9-6-7-12-22(20)17-19/h3-7,9-14,17,23H,8,15-16,18,28H2,1-2H3,(H,29,33)(H,30,34)(H,31,32). The molecule has 7 nitrogen and oxygen atoms in total. The fourth-order valence-corrected chi connectivity index (χ4v) is 3.59. The summed E-state index contributed by atoms with van der Waals surface area (Å²) < 4.78 is 0. The predicted octanol–water partition coefficient (Wildman–Crippen LogP) is 2.54. The molecule has 7 heteroatoms. The van der Waals surface area contributed by atoms with Gasteiger partial charge in [-0.2, -0.15) is 0 Å². The molecule has 0 aliphatic heterocycles. The second kappa shape index (κ2) is 11.4. The van der Waals surface area contributed by atoms with Crippen molar-refractivity contribution < 1.29 is 14.4 Å². The largest absolute Gasteiger partial charge is 0.354 e. The molecule has 3 amide bonds. The average Bonchev–Trinajstić information content (AvgIpc) is 2.83. The first kappa shape index (κ1) is 24.9. The summed E-state index contributed by atoms with van der Waals surface area (Å²) in [4.78, 5) is 38.7. The van der Waals surface area contributed by atoms with Crippen LogP contribution in [0.5, 0.6) is 0 Å². The third-order valence-electron chi connectivity index (χ3n) is 5.59. The minimum atomic E-state index is -1.23. The summed E-state index contributed by atoms with van der Waals surface area (Å²) in [6.45, 7) is 4.11. The van der Waals surface area contributed by atoms with E-state index in [0.717, 1.165) is 16.3 Å². The molecule has 0 saturated carbocycles. The normalized spacial score (nSPS) is 12.1. The lowest BCUT2D eigenvalue weighted by Gasteiger charge is -2.28. The summed E-state index contributed by atoms with van der Waals surface area (Å²) in [6.07, 6.45) is 0.953. The summed E-state index contributed by atoms with van der Waals surface area (Å²) in [5, 5.41) is 10.6. The van der Waals surface area contributed by atoms with Gasteiger partial charge in [-0.05, 0) is 55.3 Å². The highest BCUT2D eigenvalue weighted by Crippen LogP contribution is 2.17. The molecule has 5 N–H and O–H groups in total. The van der Waals surface area contributed by atoms with E-state index in [4.69, 9.17) is 5.73 Å². The molecule has 1 atom stereocenters. The molecule has 0 aliphatic carbocycles. The monoisotopic (exact) mass is 460 g/mol. The highest BCUT2D eigenvalue weighted by molar-refractivity contribution is 6.00. The van der Waals surface area contributed by atoms with Crippen LogP contribution >= 0.6 is 0 Å². The van der Waals surface area contributed by atoms with Crippen LogP contribution in [-0.2, 0) is 16.0 Å². The van der Waals surface area contributed by atoms with E-state index in [-0.39, 0.29) is 11.8 Å². The Kier molecular flexibility index (Phi) is 8.38. The molecular formula is C27H32N4O3. The van der Waals surface area contributed by atoms with Crippen molar-refractivity contribution in [3.05, 3.63) is 83.9 Å². The van der Waals surface area contributed by atoms with Gasteiger partial charge in [-0.25, -0.2) is 0 Å². The molecule has 1 unspecified atom stereocenters. The lowest BCUT2D eigenvalue weighted by atomic mass is 9.98. The molecular weight excluding hydrogens is 428 g/mol. The van der Waals surface area contributed by atoms with E-state index in [9.17, 15) is 14.4 Å². The molecule has 34 heavy (non-hydrogen) atoms. The maximum Gasteiger partial charge on any atom is 0.252 e. The molecule has 0 saturated heterocycles. The predicted molar refractivity (Wildman–Crippen MR) is 134 cm³/mol. The first-order chi connectivity index (χ1) is 16.3. The first-order valence-corrected chi connectivity index (χ1v) is 11.4. The number of hydrogen-bond donors (Lipinski definition) is 4. The second-order valence-electron chi connectivity index (χ2n) is 8.79. The highest BCUT2D eigenvalue weighted by atomic mass is 16.2. The van der Waals surface area contributed by atoms with E-state index < -0.39 is 17.5 Å². The van der Waals surface area contributed by atoms with Crippen molar-refractivity contribution in [2.24, 2.45) is 5.73 Å². The third kappa shape index (κ3) is 6.65. The van der Waals surface area contributed by atoms with Gasteiger partial charge in [-0.1, -0.05) is 60.7 Å². The van der Waals surface area contributed by atoms with Gasteiger partial charge in [-0.3, -0.25) is 14.4 Å². The van der Waals surface area contributed by atoms with Crippen molar-refractivity contribution in [2.75, 3.05) is 13.1 Å². The average molecular weight is 461 g/mol. The van der Waals surface area contributed by atoms with Crippen LogP contribution in [0.15, 0.2) is 72.8 Å². The summed E-state index contributed by atoms with van der Waals surface area (Å²) in [5.74, 6) is -1.10. The van der Waals surface area contributed by atoms with E-state index in [1.807, 2.05) is 48.5 Å². The van der Waals surface area contributed by atoms with Gasteiger partial charge in [0.25, 0.3) is 5.91 Å². The van der Waals surface area contributed by atoms with Crippen molar-refractivity contribution in [3.63, 3.8) is 0 Å². The Morgan fingerprint density at radius 1 is 0.912 bits per heavy atom. The van der Waals surface area contributed by atoms with Crippen LogP contribution in [0.3, 0.4) is 0 Å². The lowest BCUT2D eigenvalue weighted by molar-refractivity contribution is -0.131. The van der Waals surface area contributed by atoms with E-state index in [0.29, 0.717) is 31.5 Å². The number of amides is 3. The Balaban J connectivity index is 1.75. The Bertz CT molecular complexity index is 1140. The number of hydrogen-bond acceptors (Lipinski definition) is 4. The minimum Gasteiger partial charge on any atom is -0.354 e. The Morgan fingerprint density at radius 2 is 1.59 bits per heavy atom.